The first-order chi connectivity index (χ1) is 11.2. The molecule has 23 heavy (non-hydrogen) atoms. The number of carbonyl (C=O) groups is 2. The molecule has 1 N–H and O–H groups in total. The smallest absolute Gasteiger partial charge is 0.239 e. The van der Waals surface area contributed by atoms with Gasteiger partial charge in [0.25, 0.3) is 0 Å². The van der Waals surface area contributed by atoms with Crippen molar-refractivity contribution < 1.29 is 14.3 Å². The molecular weight excluding hydrogens is 314 g/mol. The molecule has 0 bridgehead atoms. The van der Waals surface area contributed by atoms with Gasteiger partial charge in [-0.1, -0.05) is 6.07 Å². The van der Waals surface area contributed by atoms with Crippen LogP contribution < -0.4 is 5.32 Å². The first-order valence-corrected chi connectivity index (χ1v) is 9.01. The fourth-order valence-electron chi connectivity index (χ4n) is 3.09. The Labute approximate surface area is 140 Å². The summed E-state index contributed by atoms with van der Waals surface area (Å²) < 4.78 is 5.42. The molecule has 2 saturated heterocycles. The Morgan fingerprint density at radius 2 is 2.17 bits per heavy atom. The fraction of sp³-hybridized carbons (Fsp3) is 0.625. The molecule has 2 fully saturated rings. The van der Waals surface area contributed by atoms with Crippen molar-refractivity contribution in [2.24, 2.45) is 0 Å². The lowest BCUT2D eigenvalue weighted by molar-refractivity contribution is -0.133. The predicted octanol–water partition coefficient (Wildman–Crippen LogP) is 0.860. The minimum absolute atomic E-state index is 0.0740. The molecule has 0 saturated carbocycles. The number of nitrogens with zero attached hydrogens (tertiary/aromatic N) is 2. The number of likely N-dealkylation sites (tertiary alicyclic amines) is 1. The van der Waals surface area contributed by atoms with Gasteiger partial charge in [0.2, 0.25) is 11.8 Å². The zero-order valence-corrected chi connectivity index (χ0v) is 14.0. The van der Waals surface area contributed by atoms with Crippen LogP contribution in [-0.4, -0.2) is 67.6 Å². The third kappa shape index (κ3) is 4.31. The molecule has 126 valence electrons. The maximum atomic E-state index is 12.2. The summed E-state index contributed by atoms with van der Waals surface area (Å²) >= 11 is 1.71. The molecule has 2 aliphatic rings. The molecule has 7 heteroatoms. The summed E-state index contributed by atoms with van der Waals surface area (Å²) in [5.74, 6) is 0.0122. The van der Waals surface area contributed by atoms with Crippen molar-refractivity contribution in [2.75, 3.05) is 45.9 Å². The van der Waals surface area contributed by atoms with Gasteiger partial charge >= 0.3 is 0 Å². The SMILES string of the molecule is O=C(CN1CCCC1=O)NC[C@@H](c1cccs1)N1CCOCC1. The number of nitrogens with one attached hydrogen (secondary N) is 1. The van der Waals surface area contributed by atoms with Crippen LogP contribution in [0, 0.1) is 0 Å². The van der Waals surface area contributed by atoms with Crippen LogP contribution >= 0.6 is 11.3 Å². The Balaban J connectivity index is 1.55. The van der Waals surface area contributed by atoms with Gasteiger partial charge in [-0.15, -0.1) is 11.3 Å². The summed E-state index contributed by atoms with van der Waals surface area (Å²) in [6, 6.07) is 4.33. The van der Waals surface area contributed by atoms with E-state index in [1.54, 1.807) is 16.2 Å². The second kappa shape index (κ2) is 7.90. The second-order valence-corrected chi connectivity index (χ2v) is 6.88. The van der Waals surface area contributed by atoms with Gasteiger partial charge in [0, 0.05) is 37.5 Å². The standard InChI is InChI=1S/C16H23N3O3S/c20-15(12-19-5-1-4-16(19)21)17-11-13(14-3-2-10-23-14)18-6-8-22-9-7-18/h2-3,10,13H,1,4-9,11-12H2,(H,17,20)/t13-/m0/s1. The number of rotatable bonds is 6. The summed E-state index contributed by atoms with van der Waals surface area (Å²) in [5.41, 5.74) is 0. The lowest BCUT2D eigenvalue weighted by Gasteiger charge is -2.34. The Morgan fingerprint density at radius 1 is 1.35 bits per heavy atom. The van der Waals surface area contributed by atoms with Crippen LogP contribution in [0.1, 0.15) is 23.8 Å². The highest BCUT2D eigenvalue weighted by atomic mass is 32.1. The Bertz CT molecular complexity index is 529. The van der Waals surface area contributed by atoms with E-state index in [4.69, 9.17) is 4.74 Å². The molecule has 1 atom stereocenters. The highest BCUT2D eigenvalue weighted by Gasteiger charge is 2.26. The molecule has 2 aliphatic heterocycles. The van der Waals surface area contributed by atoms with Gasteiger partial charge in [0.05, 0.1) is 25.8 Å². The normalized spacial score (nSPS) is 20.7. The van der Waals surface area contributed by atoms with Crippen LogP contribution in [0.5, 0.6) is 0 Å². The number of thiophene rings is 1. The van der Waals surface area contributed by atoms with Crippen LogP contribution in [0.25, 0.3) is 0 Å². The Kier molecular flexibility index (Phi) is 5.64. The first kappa shape index (κ1) is 16.4. The van der Waals surface area contributed by atoms with Crippen molar-refractivity contribution >= 4 is 23.2 Å². The number of amides is 2. The molecule has 0 aliphatic carbocycles. The molecule has 0 unspecified atom stereocenters. The lowest BCUT2D eigenvalue weighted by atomic mass is 10.2. The number of hydrogen-bond donors (Lipinski definition) is 1. The zero-order valence-electron chi connectivity index (χ0n) is 13.2. The molecule has 3 heterocycles. The fourth-order valence-corrected chi connectivity index (χ4v) is 3.95. The van der Waals surface area contributed by atoms with Gasteiger partial charge in [0.15, 0.2) is 0 Å². The Hall–Kier alpha value is -1.44. The van der Waals surface area contributed by atoms with E-state index in [-0.39, 0.29) is 24.4 Å². The number of carbonyl (C=O) groups excluding carboxylic acids is 2. The quantitative estimate of drug-likeness (QED) is 0.836. The number of ether oxygens (including phenoxy) is 1. The molecule has 1 aromatic rings. The van der Waals surface area contributed by atoms with Crippen LogP contribution in [0.2, 0.25) is 0 Å². The largest absolute Gasteiger partial charge is 0.379 e. The number of hydrogen-bond acceptors (Lipinski definition) is 5. The lowest BCUT2D eigenvalue weighted by Crippen LogP contribution is -2.45. The van der Waals surface area contributed by atoms with Gasteiger partial charge in [-0.05, 0) is 17.9 Å². The minimum Gasteiger partial charge on any atom is -0.379 e. The third-order valence-electron chi connectivity index (χ3n) is 4.36. The van der Waals surface area contributed by atoms with Crippen LogP contribution in [0.3, 0.4) is 0 Å². The van der Waals surface area contributed by atoms with Crippen LogP contribution in [0.15, 0.2) is 17.5 Å². The van der Waals surface area contributed by atoms with E-state index in [9.17, 15) is 9.59 Å². The maximum Gasteiger partial charge on any atom is 0.239 e. The summed E-state index contributed by atoms with van der Waals surface area (Å²) in [4.78, 5) is 29.0. The van der Waals surface area contributed by atoms with Crippen molar-refractivity contribution in [1.82, 2.24) is 15.1 Å². The van der Waals surface area contributed by atoms with Gasteiger partial charge in [0.1, 0.15) is 0 Å². The predicted molar refractivity (Wildman–Crippen MR) is 88.3 cm³/mol. The van der Waals surface area contributed by atoms with Crippen LogP contribution in [0.4, 0.5) is 0 Å². The molecule has 0 aromatic carbocycles. The van der Waals surface area contributed by atoms with Gasteiger partial charge in [-0.25, -0.2) is 0 Å². The molecular formula is C16H23N3O3S. The summed E-state index contributed by atoms with van der Waals surface area (Å²) in [7, 11) is 0. The van der Waals surface area contributed by atoms with Crippen molar-refractivity contribution in [3.63, 3.8) is 0 Å². The first-order valence-electron chi connectivity index (χ1n) is 8.14. The zero-order chi connectivity index (χ0) is 16.1. The summed E-state index contributed by atoms with van der Waals surface area (Å²) in [5, 5.41) is 5.07. The molecule has 0 radical (unpaired) electrons. The van der Waals surface area contributed by atoms with Gasteiger partial charge in [-0.2, -0.15) is 0 Å². The van der Waals surface area contributed by atoms with E-state index < -0.39 is 0 Å². The van der Waals surface area contributed by atoms with Gasteiger partial charge in [-0.3, -0.25) is 14.5 Å². The monoisotopic (exact) mass is 337 g/mol. The number of morpholine rings is 1. The van der Waals surface area contributed by atoms with E-state index in [2.05, 4.69) is 21.7 Å². The van der Waals surface area contributed by atoms with E-state index in [1.807, 2.05) is 6.07 Å². The van der Waals surface area contributed by atoms with E-state index in [0.29, 0.717) is 19.5 Å². The summed E-state index contributed by atoms with van der Waals surface area (Å²) in [6.45, 7) is 4.67. The van der Waals surface area contributed by atoms with E-state index in [1.165, 1.54) is 4.88 Å². The molecule has 2 amide bonds. The molecule has 6 nitrogen and oxygen atoms in total. The second-order valence-electron chi connectivity index (χ2n) is 5.90. The Morgan fingerprint density at radius 3 is 2.83 bits per heavy atom. The molecule has 1 aromatic heterocycles. The average Bonchev–Trinajstić information content (AvgIpc) is 3.22. The van der Waals surface area contributed by atoms with Crippen molar-refractivity contribution in [2.45, 2.75) is 18.9 Å². The highest BCUT2D eigenvalue weighted by molar-refractivity contribution is 7.10. The van der Waals surface area contributed by atoms with Gasteiger partial charge < -0.3 is 15.0 Å². The average molecular weight is 337 g/mol. The van der Waals surface area contributed by atoms with E-state index >= 15 is 0 Å². The molecule has 3 rings (SSSR count). The maximum absolute atomic E-state index is 12.2. The van der Waals surface area contributed by atoms with E-state index in [0.717, 1.165) is 32.7 Å². The van der Waals surface area contributed by atoms with Crippen LogP contribution in [-0.2, 0) is 14.3 Å². The molecule has 0 spiro atoms. The van der Waals surface area contributed by atoms with Crippen molar-refractivity contribution in [3.8, 4) is 0 Å². The van der Waals surface area contributed by atoms with Crippen molar-refractivity contribution in [3.05, 3.63) is 22.4 Å². The topological polar surface area (TPSA) is 61.9 Å². The van der Waals surface area contributed by atoms with Crippen molar-refractivity contribution in [1.29, 1.82) is 0 Å². The summed E-state index contributed by atoms with van der Waals surface area (Å²) in [6.07, 6.45) is 1.43. The highest BCUT2D eigenvalue weighted by Crippen LogP contribution is 2.25. The third-order valence-corrected chi connectivity index (χ3v) is 5.33. The minimum atomic E-state index is -0.0740.